The average molecular weight is 350 g/mol. The molecule has 0 radical (unpaired) electrons. The van der Waals surface area contributed by atoms with Crippen molar-refractivity contribution < 1.29 is 9.59 Å². The molecule has 3 rings (SSSR count). The number of para-hydroxylation sites is 1. The number of nitrogens with one attached hydrogen (secondary N) is 1. The summed E-state index contributed by atoms with van der Waals surface area (Å²) in [5, 5.41) is 3.55. The molecule has 3 N–H and O–H groups in total. The zero-order chi connectivity index (χ0) is 16.6. The smallest absolute Gasteiger partial charge is 0.255 e. The van der Waals surface area contributed by atoms with Crippen LogP contribution in [0, 0.1) is 0 Å². The largest absolute Gasteiger partial charge is 0.368 e. The van der Waals surface area contributed by atoms with Crippen molar-refractivity contribution in [3.8, 4) is 0 Å². The molecular formula is C16H13Cl2N3O2. The summed E-state index contributed by atoms with van der Waals surface area (Å²) in [5.41, 5.74) is 7.07. The van der Waals surface area contributed by atoms with Crippen LogP contribution in [0.25, 0.3) is 0 Å². The maximum absolute atomic E-state index is 12.4. The molecule has 5 nitrogen and oxygen atoms in total. The van der Waals surface area contributed by atoms with Crippen molar-refractivity contribution >= 4 is 40.7 Å². The normalized spacial score (nSPS) is 16.7. The van der Waals surface area contributed by atoms with Crippen LogP contribution >= 0.6 is 23.2 Å². The Labute approximate surface area is 143 Å². The van der Waals surface area contributed by atoms with Gasteiger partial charge in [-0.15, -0.1) is 0 Å². The highest BCUT2D eigenvalue weighted by Crippen LogP contribution is 2.37. The zero-order valence-electron chi connectivity index (χ0n) is 11.9. The summed E-state index contributed by atoms with van der Waals surface area (Å²) in [5.74, 6) is -0.763. The molecule has 0 aliphatic carbocycles. The number of carbonyl (C=O) groups excluding carboxylic acids is 2. The molecule has 0 bridgehead atoms. The summed E-state index contributed by atoms with van der Waals surface area (Å²) in [7, 11) is 0. The van der Waals surface area contributed by atoms with Crippen LogP contribution in [-0.4, -0.2) is 18.4 Å². The summed E-state index contributed by atoms with van der Waals surface area (Å²) in [4.78, 5) is 25.6. The summed E-state index contributed by atoms with van der Waals surface area (Å²) in [6.07, 6.45) is -0.629. The molecule has 1 aliphatic heterocycles. The lowest BCUT2D eigenvalue weighted by Crippen LogP contribution is -2.49. The van der Waals surface area contributed by atoms with E-state index in [4.69, 9.17) is 28.9 Å². The Hall–Kier alpha value is -2.24. The summed E-state index contributed by atoms with van der Waals surface area (Å²) < 4.78 is 0. The van der Waals surface area contributed by atoms with Crippen LogP contribution in [-0.2, 0) is 4.79 Å². The minimum Gasteiger partial charge on any atom is -0.368 e. The van der Waals surface area contributed by atoms with Crippen LogP contribution in [0.15, 0.2) is 42.5 Å². The Morgan fingerprint density at radius 3 is 2.65 bits per heavy atom. The van der Waals surface area contributed by atoms with Gasteiger partial charge in [0.25, 0.3) is 5.91 Å². The fourth-order valence-electron chi connectivity index (χ4n) is 2.66. The third-order valence-corrected chi connectivity index (χ3v) is 4.47. The number of nitrogens with two attached hydrogens (primary N) is 1. The van der Waals surface area contributed by atoms with E-state index in [-0.39, 0.29) is 12.5 Å². The number of benzene rings is 2. The van der Waals surface area contributed by atoms with Crippen molar-refractivity contribution in [2.45, 2.75) is 6.17 Å². The number of anilines is 1. The maximum atomic E-state index is 12.4. The monoisotopic (exact) mass is 349 g/mol. The van der Waals surface area contributed by atoms with Gasteiger partial charge in [0.1, 0.15) is 6.17 Å². The highest BCUT2D eigenvalue weighted by Gasteiger charge is 2.33. The number of amides is 2. The Kier molecular flexibility index (Phi) is 4.15. The van der Waals surface area contributed by atoms with Gasteiger partial charge >= 0.3 is 0 Å². The van der Waals surface area contributed by atoms with Crippen molar-refractivity contribution in [3.05, 3.63) is 63.6 Å². The van der Waals surface area contributed by atoms with E-state index in [2.05, 4.69) is 5.32 Å². The lowest BCUT2D eigenvalue weighted by atomic mass is 10.0. The minimum atomic E-state index is -0.629. The molecule has 1 aliphatic rings. The van der Waals surface area contributed by atoms with Gasteiger partial charge in [0, 0.05) is 5.56 Å². The molecule has 0 fully saturated rings. The average Bonchev–Trinajstić information content (AvgIpc) is 2.52. The van der Waals surface area contributed by atoms with E-state index in [1.165, 1.54) is 0 Å². The SMILES string of the molecule is NC(=O)CN1c2ccccc2C(=O)NC1c1cccc(Cl)c1Cl. The Morgan fingerprint density at radius 1 is 1.17 bits per heavy atom. The fourth-order valence-corrected chi connectivity index (χ4v) is 3.07. The van der Waals surface area contributed by atoms with E-state index >= 15 is 0 Å². The van der Waals surface area contributed by atoms with Gasteiger partial charge in [-0.1, -0.05) is 47.5 Å². The number of nitrogens with zero attached hydrogens (tertiary/aromatic N) is 1. The van der Waals surface area contributed by atoms with Crippen LogP contribution < -0.4 is 16.0 Å². The van der Waals surface area contributed by atoms with Crippen LogP contribution in [0.1, 0.15) is 22.1 Å². The predicted molar refractivity (Wildman–Crippen MR) is 89.7 cm³/mol. The molecule has 118 valence electrons. The third-order valence-electron chi connectivity index (χ3n) is 3.64. The Balaban J connectivity index is 2.14. The Morgan fingerprint density at radius 2 is 1.91 bits per heavy atom. The summed E-state index contributed by atoms with van der Waals surface area (Å²) >= 11 is 12.3. The first-order valence-electron chi connectivity index (χ1n) is 6.88. The van der Waals surface area contributed by atoms with Crippen molar-refractivity contribution in [2.75, 3.05) is 11.4 Å². The first kappa shape index (κ1) is 15.6. The molecule has 2 amide bonds. The number of carbonyl (C=O) groups is 2. The molecule has 7 heteroatoms. The second-order valence-electron chi connectivity index (χ2n) is 5.13. The van der Waals surface area contributed by atoms with Crippen LogP contribution in [0.5, 0.6) is 0 Å². The molecule has 0 saturated heterocycles. The van der Waals surface area contributed by atoms with Gasteiger partial charge in [-0.05, 0) is 18.2 Å². The number of hydrogen-bond donors (Lipinski definition) is 2. The quantitative estimate of drug-likeness (QED) is 0.894. The molecule has 2 aromatic carbocycles. The van der Waals surface area contributed by atoms with E-state index in [0.29, 0.717) is 26.9 Å². The van der Waals surface area contributed by atoms with Gasteiger partial charge in [0.2, 0.25) is 5.91 Å². The molecule has 0 aromatic heterocycles. The number of rotatable bonds is 3. The second kappa shape index (κ2) is 6.10. The molecule has 2 aromatic rings. The van der Waals surface area contributed by atoms with Crippen LogP contribution in [0.3, 0.4) is 0 Å². The van der Waals surface area contributed by atoms with E-state index in [0.717, 1.165) is 0 Å². The number of halogens is 2. The van der Waals surface area contributed by atoms with E-state index < -0.39 is 12.1 Å². The molecular weight excluding hydrogens is 337 g/mol. The lowest BCUT2D eigenvalue weighted by Gasteiger charge is -2.38. The van der Waals surface area contributed by atoms with Crippen molar-refractivity contribution in [1.82, 2.24) is 5.32 Å². The molecule has 0 spiro atoms. The second-order valence-corrected chi connectivity index (χ2v) is 5.92. The van der Waals surface area contributed by atoms with E-state index in [1.54, 1.807) is 47.4 Å². The van der Waals surface area contributed by atoms with Gasteiger partial charge < -0.3 is 16.0 Å². The summed E-state index contributed by atoms with van der Waals surface area (Å²) in [6.45, 7) is -0.0647. The Bertz CT molecular complexity index is 795. The predicted octanol–water partition coefficient (Wildman–Crippen LogP) is 2.73. The standard InChI is InChI=1S/C16H13Cl2N3O2/c17-11-6-3-5-10(14(11)18)15-20-16(23)9-4-1-2-7-12(9)21(15)8-13(19)22/h1-7,15H,8H2,(H2,19,22)(H,20,23). The third kappa shape index (κ3) is 2.85. The highest BCUT2D eigenvalue weighted by atomic mass is 35.5. The van der Waals surface area contributed by atoms with Gasteiger partial charge in [-0.2, -0.15) is 0 Å². The molecule has 0 saturated carbocycles. The van der Waals surface area contributed by atoms with Crippen LogP contribution in [0.4, 0.5) is 5.69 Å². The first-order chi connectivity index (χ1) is 11.0. The van der Waals surface area contributed by atoms with Gasteiger partial charge in [0.05, 0.1) is 27.8 Å². The lowest BCUT2D eigenvalue weighted by molar-refractivity contribution is -0.116. The maximum Gasteiger partial charge on any atom is 0.255 e. The van der Waals surface area contributed by atoms with Gasteiger partial charge in [0.15, 0.2) is 0 Å². The van der Waals surface area contributed by atoms with Crippen molar-refractivity contribution in [2.24, 2.45) is 5.73 Å². The van der Waals surface area contributed by atoms with Crippen LogP contribution in [0.2, 0.25) is 10.0 Å². The highest BCUT2D eigenvalue weighted by molar-refractivity contribution is 6.42. The van der Waals surface area contributed by atoms with E-state index in [9.17, 15) is 9.59 Å². The first-order valence-corrected chi connectivity index (χ1v) is 7.63. The van der Waals surface area contributed by atoms with Crippen molar-refractivity contribution in [3.63, 3.8) is 0 Å². The number of hydrogen-bond acceptors (Lipinski definition) is 3. The molecule has 1 atom stereocenters. The molecule has 1 unspecified atom stereocenters. The van der Waals surface area contributed by atoms with Crippen molar-refractivity contribution in [1.29, 1.82) is 0 Å². The van der Waals surface area contributed by atoms with Gasteiger partial charge in [-0.25, -0.2) is 0 Å². The molecule has 23 heavy (non-hydrogen) atoms. The fraction of sp³-hybridized carbons (Fsp3) is 0.125. The number of fused-ring (bicyclic) bond motifs is 1. The van der Waals surface area contributed by atoms with Gasteiger partial charge in [-0.3, -0.25) is 9.59 Å². The topological polar surface area (TPSA) is 75.4 Å². The minimum absolute atomic E-state index is 0.0647. The van der Waals surface area contributed by atoms with E-state index in [1.807, 2.05) is 0 Å². The molecule has 1 heterocycles. The summed E-state index contributed by atoms with van der Waals surface area (Å²) in [6, 6.07) is 12.1. The zero-order valence-corrected chi connectivity index (χ0v) is 13.4. The number of primary amides is 1.